The number of likely N-dealkylation sites (N-methyl/N-ethyl adjacent to an activating group) is 1. The lowest BCUT2D eigenvalue weighted by atomic mass is 9.76. The third-order valence-electron chi connectivity index (χ3n) is 8.09. The van der Waals surface area contributed by atoms with Crippen molar-refractivity contribution >= 4 is 17.5 Å². The number of benzene rings is 1. The third-order valence-corrected chi connectivity index (χ3v) is 8.09. The van der Waals surface area contributed by atoms with Crippen LogP contribution in [0, 0.1) is 22.7 Å². The molecule has 3 aliphatic rings. The fourth-order valence-corrected chi connectivity index (χ4v) is 6.06. The number of nitrogens with zero attached hydrogens (tertiary/aromatic N) is 4. The predicted octanol–water partition coefficient (Wildman–Crippen LogP) is 4.43. The number of hydrogen-bond donors (Lipinski definition) is 0. The van der Waals surface area contributed by atoms with E-state index in [9.17, 15) is 22.8 Å². The SMILES string of the molecule is CN(C)C(=O)C1CC2(CCN(C(=O)C3CCCCC3)CC2)CN1c1ccc(C#N)c(C(F)(F)F)c1. The zero-order chi connectivity index (χ0) is 25.4. The van der Waals surface area contributed by atoms with Gasteiger partial charge in [0.1, 0.15) is 6.04 Å². The molecule has 3 fully saturated rings. The van der Waals surface area contributed by atoms with Crippen molar-refractivity contribution in [3.05, 3.63) is 29.3 Å². The second-order valence-corrected chi connectivity index (χ2v) is 10.6. The number of amides is 2. The molecule has 1 saturated carbocycles. The molecule has 0 N–H and O–H groups in total. The number of nitriles is 1. The maximum atomic E-state index is 13.6. The molecule has 2 amide bonds. The van der Waals surface area contributed by atoms with Gasteiger partial charge in [-0.1, -0.05) is 19.3 Å². The van der Waals surface area contributed by atoms with E-state index in [1.807, 2.05) is 4.90 Å². The van der Waals surface area contributed by atoms with Gasteiger partial charge in [-0.25, -0.2) is 0 Å². The highest BCUT2D eigenvalue weighted by Gasteiger charge is 2.49. The quantitative estimate of drug-likeness (QED) is 0.629. The Morgan fingerprint density at radius 1 is 1.11 bits per heavy atom. The molecule has 190 valence electrons. The first-order valence-corrected chi connectivity index (χ1v) is 12.4. The summed E-state index contributed by atoms with van der Waals surface area (Å²) in [6.07, 6.45) is 2.62. The van der Waals surface area contributed by atoms with E-state index in [2.05, 4.69) is 0 Å². The Hall–Kier alpha value is -2.76. The second-order valence-electron chi connectivity index (χ2n) is 10.6. The Morgan fingerprint density at radius 3 is 2.34 bits per heavy atom. The Bertz CT molecular complexity index is 1000. The van der Waals surface area contributed by atoms with E-state index >= 15 is 0 Å². The molecule has 2 saturated heterocycles. The Balaban J connectivity index is 1.56. The molecule has 1 spiro atoms. The number of carbonyl (C=O) groups is 2. The summed E-state index contributed by atoms with van der Waals surface area (Å²) in [7, 11) is 3.30. The minimum Gasteiger partial charge on any atom is -0.359 e. The van der Waals surface area contributed by atoms with Crippen LogP contribution in [0.5, 0.6) is 0 Å². The Kier molecular flexibility index (Phi) is 7.03. The maximum absolute atomic E-state index is 13.6. The summed E-state index contributed by atoms with van der Waals surface area (Å²) in [6, 6.07) is 4.72. The van der Waals surface area contributed by atoms with Crippen LogP contribution >= 0.6 is 0 Å². The summed E-state index contributed by atoms with van der Waals surface area (Å²) >= 11 is 0. The first kappa shape index (κ1) is 25.3. The summed E-state index contributed by atoms with van der Waals surface area (Å²) < 4.78 is 40.9. The van der Waals surface area contributed by atoms with Crippen LogP contribution < -0.4 is 4.90 Å². The maximum Gasteiger partial charge on any atom is 0.417 e. The zero-order valence-corrected chi connectivity index (χ0v) is 20.4. The number of hydrogen-bond acceptors (Lipinski definition) is 4. The van der Waals surface area contributed by atoms with Crippen molar-refractivity contribution in [2.45, 2.75) is 63.6 Å². The van der Waals surface area contributed by atoms with E-state index in [1.165, 1.54) is 23.5 Å². The molecule has 1 aliphatic carbocycles. The normalized spacial score (nSPS) is 22.8. The molecule has 35 heavy (non-hydrogen) atoms. The van der Waals surface area contributed by atoms with E-state index < -0.39 is 23.3 Å². The Morgan fingerprint density at radius 2 is 1.77 bits per heavy atom. The van der Waals surface area contributed by atoms with E-state index in [-0.39, 0.29) is 23.1 Å². The van der Waals surface area contributed by atoms with Gasteiger partial charge in [0.15, 0.2) is 0 Å². The van der Waals surface area contributed by atoms with Gasteiger partial charge in [0.25, 0.3) is 0 Å². The monoisotopic (exact) mass is 490 g/mol. The molecule has 9 heteroatoms. The number of alkyl halides is 3. The molecule has 6 nitrogen and oxygen atoms in total. The largest absolute Gasteiger partial charge is 0.417 e. The summed E-state index contributed by atoms with van der Waals surface area (Å²) in [5, 5.41) is 9.16. The van der Waals surface area contributed by atoms with E-state index in [1.54, 1.807) is 25.1 Å². The average molecular weight is 491 g/mol. The molecule has 1 aromatic rings. The van der Waals surface area contributed by atoms with Crippen LogP contribution in [0.25, 0.3) is 0 Å². The minimum atomic E-state index is -4.66. The van der Waals surface area contributed by atoms with Gasteiger partial charge in [-0.3, -0.25) is 9.59 Å². The lowest BCUT2D eigenvalue weighted by Gasteiger charge is -2.41. The predicted molar refractivity (Wildman–Crippen MR) is 125 cm³/mol. The van der Waals surface area contributed by atoms with Gasteiger partial charge in [-0.2, -0.15) is 18.4 Å². The molecule has 0 aromatic heterocycles. The number of carbonyl (C=O) groups excluding carboxylic acids is 2. The molecule has 2 aliphatic heterocycles. The van der Waals surface area contributed by atoms with Crippen molar-refractivity contribution in [1.29, 1.82) is 5.26 Å². The van der Waals surface area contributed by atoms with Crippen molar-refractivity contribution in [2.24, 2.45) is 11.3 Å². The van der Waals surface area contributed by atoms with Gasteiger partial charge in [-0.05, 0) is 55.7 Å². The molecular formula is C26H33F3N4O2. The van der Waals surface area contributed by atoms with Gasteiger partial charge >= 0.3 is 6.18 Å². The number of anilines is 1. The van der Waals surface area contributed by atoms with Gasteiger partial charge < -0.3 is 14.7 Å². The fraction of sp³-hybridized carbons (Fsp3) is 0.654. The van der Waals surface area contributed by atoms with Crippen LogP contribution in [0.1, 0.15) is 62.5 Å². The molecule has 0 radical (unpaired) electrons. The molecule has 0 bridgehead atoms. The van der Waals surface area contributed by atoms with Crippen LogP contribution in [0.4, 0.5) is 18.9 Å². The van der Waals surface area contributed by atoms with Gasteiger partial charge in [0.05, 0.1) is 17.2 Å². The number of piperidine rings is 1. The smallest absolute Gasteiger partial charge is 0.359 e. The van der Waals surface area contributed by atoms with Crippen molar-refractivity contribution in [3.8, 4) is 6.07 Å². The first-order valence-electron chi connectivity index (χ1n) is 12.4. The summed E-state index contributed by atoms with van der Waals surface area (Å²) in [6.45, 7) is 1.69. The molecule has 1 unspecified atom stereocenters. The van der Waals surface area contributed by atoms with E-state index in [0.717, 1.165) is 44.6 Å². The van der Waals surface area contributed by atoms with Gasteiger partial charge in [-0.15, -0.1) is 0 Å². The highest BCUT2D eigenvalue weighted by atomic mass is 19.4. The molecular weight excluding hydrogens is 457 g/mol. The zero-order valence-electron chi connectivity index (χ0n) is 20.4. The van der Waals surface area contributed by atoms with Crippen molar-refractivity contribution in [2.75, 3.05) is 38.6 Å². The Labute approximate surface area is 204 Å². The molecule has 2 heterocycles. The van der Waals surface area contributed by atoms with Gasteiger partial charge in [0.2, 0.25) is 11.8 Å². The lowest BCUT2D eigenvalue weighted by Crippen LogP contribution is -2.46. The highest BCUT2D eigenvalue weighted by Crippen LogP contribution is 2.46. The number of rotatable bonds is 3. The topological polar surface area (TPSA) is 67.7 Å². The van der Waals surface area contributed by atoms with Crippen molar-refractivity contribution in [1.82, 2.24) is 9.80 Å². The van der Waals surface area contributed by atoms with Crippen LogP contribution in [0.15, 0.2) is 18.2 Å². The summed E-state index contributed by atoms with van der Waals surface area (Å²) in [4.78, 5) is 31.3. The fourth-order valence-electron chi connectivity index (χ4n) is 6.06. The van der Waals surface area contributed by atoms with E-state index in [4.69, 9.17) is 5.26 Å². The van der Waals surface area contributed by atoms with Crippen LogP contribution in [-0.4, -0.2) is 61.4 Å². The van der Waals surface area contributed by atoms with Crippen molar-refractivity contribution in [3.63, 3.8) is 0 Å². The third kappa shape index (κ3) is 5.12. The molecule has 1 aromatic carbocycles. The second kappa shape index (κ2) is 9.71. The van der Waals surface area contributed by atoms with E-state index in [0.29, 0.717) is 31.7 Å². The summed E-state index contributed by atoms with van der Waals surface area (Å²) in [5.41, 5.74) is -1.36. The van der Waals surface area contributed by atoms with Crippen LogP contribution in [0.3, 0.4) is 0 Å². The average Bonchev–Trinajstić information content (AvgIpc) is 3.22. The number of likely N-dealkylation sites (tertiary alicyclic amines) is 1. The number of halogens is 3. The molecule has 4 rings (SSSR count). The van der Waals surface area contributed by atoms with Crippen molar-refractivity contribution < 1.29 is 22.8 Å². The first-order chi connectivity index (χ1) is 16.5. The molecule has 1 atom stereocenters. The van der Waals surface area contributed by atoms with Gasteiger partial charge in [0, 0.05) is 45.3 Å². The minimum absolute atomic E-state index is 0.111. The van der Waals surface area contributed by atoms with Crippen LogP contribution in [0.2, 0.25) is 0 Å². The lowest BCUT2D eigenvalue weighted by molar-refractivity contribution is -0.139. The standard InChI is InChI=1S/C26H33F3N4O2/c1-31(2)24(35)22-15-25(10-12-32(13-11-25)23(34)18-6-4-3-5-7-18)17-33(22)20-9-8-19(16-30)21(14-20)26(27,28)29/h8-9,14,18,22H,3-7,10-13,15,17H2,1-2H3. The summed E-state index contributed by atoms with van der Waals surface area (Å²) in [5.74, 6) is 0.193. The highest BCUT2D eigenvalue weighted by molar-refractivity contribution is 5.86. The van der Waals surface area contributed by atoms with Crippen LogP contribution in [-0.2, 0) is 15.8 Å².